The van der Waals surface area contributed by atoms with E-state index >= 15 is 0 Å². The maximum Gasteiger partial charge on any atom is 0.0253 e. The van der Waals surface area contributed by atoms with E-state index in [2.05, 4.69) is 31.0 Å². The van der Waals surface area contributed by atoms with E-state index in [4.69, 9.17) is 11.6 Å². The van der Waals surface area contributed by atoms with E-state index in [1.807, 2.05) is 6.08 Å². The molecule has 1 heterocycles. The summed E-state index contributed by atoms with van der Waals surface area (Å²) in [7, 11) is 0. The van der Waals surface area contributed by atoms with Gasteiger partial charge in [-0.25, -0.2) is 0 Å². The summed E-state index contributed by atoms with van der Waals surface area (Å²) < 4.78 is 0. The fourth-order valence-corrected chi connectivity index (χ4v) is 1.77. The van der Waals surface area contributed by atoms with Crippen molar-refractivity contribution in [2.45, 2.75) is 32.4 Å². The molecule has 0 aliphatic carbocycles. The fourth-order valence-electron chi connectivity index (χ4n) is 1.69. The van der Waals surface area contributed by atoms with Gasteiger partial charge in [-0.3, -0.25) is 4.90 Å². The molecule has 2 nitrogen and oxygen atoms in total. The lowest BCUT2D eigenvalue weighted by atomic mass is 9.99. The molecular formula is C10H19ClN2. The Morgan fingerprint density at radius 3 is 2.92 bits per heavy atom. The number of piperazine rings is 1. The predicted octanol–water partition coefficient (Wildman–Crippen LogP) is 1.81. The van der Waals surface area contributed by atoms with Crippen LogP contribution < -0.4 is 5.32 Å². The lowest BCUT2D eigenvalue weighted by Gasteiger charge is -2.43. The highest BCUT2D eigenvalue weighted by atomic mass is 35.5. The third kappa shape index (κ3) is 3.29. The molecule has 1 rings (SSSR count). The zero-order valence-corrected chi connectivity index (χ0v) is 9.43. The largest absolute Gasteiger partial charge is 0.309 e. The van der Waals surface area contributed by atoms with Crippen LogP contribution in [0, 0.1) is 0 Å². The van der Waals surface area contributed by atoms with Gasteiger partial charge in [-0.1, -0.05) is 17.7 Å². The number of rotatable bonds is 2. The van der Waals surface area contributed by atoms with E-state index in [0.717, 1.165) is 19.6 Å². The minimum Gasteiger partial charge on any atom is -0.309 e. The van der Waals surface area contributed by atoms with Crippen LogP contribution in [0.4, 0.5) is 0 Å². The van der Waals surface area contributed by atoms with Crippen LogP contribution in [-0.4, -0.2) is 36.1 Å². The summed E-state index contributed by atoms with van der Waals surface area (Å²) in [4.78, 5) is 2.44. The van der Waals surface area contributed by atoms with Crippen LogP contribution in [0.5, 0.6) is 0 Å². The average molecular weight is 203 g/mol. The molecule has 1 aliphatic rings. The first-order valence-corrected chi connectivity index (χ1v) is 5.23. The van der Waals surface area contributed by atoms with Gasteiger partial charge in [0.2, 0.25) is 0 Å². The fraction of sp³-hybridized carbons (Fsp3) is 0.800. The Labute approximate surface area is 85.9 Å². The molecule has 0 saturated carbocycles. The van der Waals surface area contributed by atoms with Crippen molar-refractivity contribution in [3.63, 3.8) is 0 Å². The van der Waals surface area contributed by atoms with Crippen LogP contribution in [0.1, 0.15) is 20.8 Å². The maximum absolute atomic E-state index is 5.52. The van der Waals surface area contributed by atoms with Gasteiger partial charge in [0.1, 0.15) is 0 Å². The molecule has 0 aromatic rings. The Bertz CT molecular complexity index is 189. The van der Waals surface area contributed by atoms with E-state index in [1.165, 1.54) is 0 Å². The molecule has 0 bridgehead atoms. The van der Waals surface area contributed by atoms with E-state index in [-0.39, 0.29) is 5.54 Å². The van der Waals surface area contributed by atoms with E-state index in [9.17, 15) is 0 Å². The Morgan fingerprint density at radius 2 is 2.31 bits per heavy atom. The van der Waals surface area contributed by atoms with E-state index in [0.29, 0.717) is 6.04 Å². The van der Waals surface area contributed by atoms with Crippen molar-refractivity contribution < 1.29 is 0 Å². The third-order valence-electron chi connectivity index (χ3n) is 2.53. The number of nitrogens with one attached hydrogen (secondary N) is 1. The smallest absolute Gasteiger partial charge is 0.0253 e. The van der Waals surface area contributed by atoms with Crippen molar-refractivity contribution >= 4 is 11.6 Å². The summed E-state index contributed by atoms with van der Waals surface area (Å²) in [5, 5.41) is 3.52. The molecule has 1 aliphatic heterocycles. The molecule has 3 heteroatoms. The van der Waals surface area contributed by atoms with Crippen LogP contribution in [0.3, 0.4) is 0 Å². The second-order valence-electron chi connectivity index (χ2n) is 4.40. The Balaban J connectivity index is 2.50. The Morgan fingerprint density at radius 1 is 1.62 bits per heavy atom. The monoisotopic (exact) mass is 202 g/mol. The highest BCUT2D eigenvalue weighted by molar-refractivity contribution is 6.25. The van der Waals surface area contributed by atoms with Crippen molar-refractivity contribution in [1.29, 1.82) is 0 Å². The summed E-state index contributed by atoms with van der Waals surface area (Å²) in [6.45, 7) is 9.80. The summed E-state index contributed by atoms with van der Waals surface area (Å²) in [5.74, 6) is 0. The standard InChI is InChI=1S/C10H19ClN2/c1-9-7-12-10(2,3)8-13(9)6-4-5-11/h4-5,9,12H,6-8H2,1-3H3/b5-4+. The molecule has 1 unspecified atom stereocenters. The highest BCUT2D eigenvalue weighted by Gasteiger charge is 2.29. The molecule has 0 aromatic carbocycles. The third-order valence-corrected chi connectivity index (χ3v) is 2.70. The van der Waals surface area contributed by atoms with Gasteiger partial charge in [0.05, 0.1) is 0 Å². The molecule has 1 atom stereocenters. The maximum atomic E-state index is 5.52. The predicted molar refractivity (Wildman–Crippen MR) is 58.1 cm³/mol. The van der Waals surface area contributed by atoms with Gasteiger partial charge in [0.15, 0.2) is 0 Å². The normalized spacial score (nSPS) is 29.7. The molecule has 1 N–H and O–H groups in total. The topological polar surface area (TPSA) is 15.3 Å². The number of hydrogen-bond acceptors (Lipinski definition) is 2. The molecule has 0 radical (unpaired) electrons. The van der Waals surface area contributed by atoms with Crippen molar-refractivity contribution in [2.75, 3.05) is 19.6 Å². The molecule has 0 spiro atoms. The van der Waals surface area contributed by atoms with E-state index < -0.39 is 0 Å². The first kappa shape index (κ1) is 11.0. The summed E-state index contributed by atoms with van der Waals surface area (Å²) in [5.41, 5.74) is 1.83. The van der Waals surface area contributed by atoms with E-state index in [1.54, 1.807) is 5.54 Å². The van der Waals surface area contributed by atoms with Crippen LogP contribution in [0.15, 0.2) is 11.6 Å². The lowest BCUT2D eigenvalue weighted by molar-refractivity contribution is 0.117. The van der Waals surface area contributed by atoms with Crippen LogP contribution >= 0.6 is 11.6 Å². The van der Waals surface area contributed by atoms with Crippen molar-refractivity contribution in [3.05, 3.63) is 11.6 Å². The Kier molecular flexibility index (Phi) is 3.77. The first-order valence-electron chi connectivity index (χ1n) is 4.79. The van der Waals surface area contributed by atoms with Crippen LogP contribution in [0.2, 0.25) is 0 Å². The summed E-state index contributed by atoms with van der Waals surface area (Å²) >= 11 is 5.52. The zero-order chi connectivity index (χ0) is 9.90. The van der Waals surface area contributed by atoms with Gasteiger partial charge in [0, 0.05) is 36.8 Å². The molecule has 1 fully saturated rings. The quantitative estimate of drug-likeness (QED) is 0.735. The van der Waals surface area contributed by atoms with Crippen LogP contribution in [-0.2, 0) is 0 Å². The molecule has 13 heavy (non-hydrogen) atoms. The number of nitrogens with zero attached hydrogens (tertiary/aromatic N) is 1. The Hall–Kier alpha value is -0.0500. The highest BCUT2D eigenvalue weighted by Crippen LogP contribution is 2.14. The SMILES string of the molecule is CC1CNC(C)(C)CN1C/C=C/Cl. The minimum atomic E-state index is 0.229. The van der Waals surface area contributed by atoms with Gasteiger partial charge in [-0.05, 0) is 20.8 Å². The molecular weight excluding hydrogens is 184 g/mol. The number of hydrogen-bond donors (Lipinski definition) is 1. The second kappa shape index (κ2) is 4.45. The van der Waals surface area contributed by atoms with Gasteiger partial charge in [-0.2, -0.15) is 0 Å². The van der Waals surface area contributed by atoms with Crippen molar-refractivity contribution in [3.8, 4) is 0 Å². The minimum absolute atomic E-state index is 0.229. The average Bonchev–Trinajstić information content (AvgIpc) is 2.07. The lowest BCUT2D eigenvalue weighted by Crippen LogP contribution is -2.60. The summed E-state index contributed by atoms with van der Waals surface area (Å²) in [6.07, 6.45) is 2.00. The van der Waals surface area contributed by atoms with Crippen molar-refractivity contribution in [1.82, 2.24) is 10.2 Å². The zero-order valence-electron chi connectivity index (χ0n) is 8.68. The first-order chi connectivity index (χ1) is 6.05. The van der Waals surface area contributed by atoms with Gasteiger partial charge < -0.3 is 5.32 Å². The molecule has 1 saturated heterocycles. The molecule has 0 aromatic heterocycles. The summed E-state index contributed by atoms with van der Waals surface area (Å²) in [6, 6.07) is 0.598. The van der Waals surface area contributed by atoms with Gasteiger partial charge >= 0.3 is 0 Å². The van der Waals surface area contributed by atoms with Crippen molar-refractivity contribution in [2.24, 2.45) is 0 Å². The molecule has 76 valence electrons. The van der Waals surface area contributed by atoms with Gasteiger partial charge in [-0.15, -0.1) is 0 Å². The van der Waals surface area contributed by atoms with Gasteiger partial charge in [0.25, 0.3) is 0 Å². The number of halogens is 1. The van der Waals surface area contributed by atoms with Crippen LogP contribution in [0.25, 0.3) is 0 Å². The molecule has 0 amide bonds. The second-order valence-corrected chi connectivity index (χ2v) is 4.66.